The molecule has 148 valence electrons. The largest absolute Gasteiger partial charge is 0.444 e. The summed E-state index contributed by atoms with van der Waals surface area (Å²) in [6, 6.07) is 0.453. The molecule has 1 aliphatic heterocycles. The molecule has 0 aliphatic carbocycles. The zero-order valence-corrected chi connectivity index (χ0v) is 17.7. The van der Waals surface area contributed by atoms with Crippen LogP contribution in [0.5, 0.6) is 0 Å². The maximum Gasteiger partial charge on any atom is 0.410 e. The van der Waals surface area contributed by atoms with Crippen LogP contribution in [0.3, 0.4) is 0 Å². The molecule has 0 bridgehead atoms. The third kappa shape index (κ3) is 7.14. The molecule has 0 aromatic carbocycles. The van der Waals surface area contributed by atoms with Gasteiger partial charge in [-0.2, -0.15) is 0 Å². The van der Waals surface area contributed by atoms with Crippen LogP contribution >= 0.6 is 0 Å². The highest BCUT2D eigenvalue weighted by atomic mass is 16.6. The number of amides is 1. The monoisotopic (exact) mass is 356 g/mol. The lowest BCUT2D eigenvalue weighted by Gasteiger charge is -2.41. The van der Waals surface area contributed by atoms with Crippen molar-refractivity contribution in [3.05, 3.63) is 0 Å². The van der Waals surface area contributed by atoms with Crippen molar-refractivity contribution in [2.24, 2.45) is 0 Å². The van der Waals surface area contributed by atoms with E-state index in [2.05, 4.69) is 19.2 Å². The Balaban J connectivity index is 2.59. The fraction of sp³-hybridized carbons (Fsp3) is 0.950. The van der Waals surface area contributed by atoms with E-state index in [9.17, 15) is 4.79 Å². The molecule has 1 amide bonds. The van der Waals surface area contributed by atoms with Gasteiger partial charge in [0.1, 0.15) is 5.60 Å². The van der Waals surface area contributed by atoms with Gasteiger partial charge in [-0.1, -0.05) is 13.8 Å². The summed E-state index contributed by atoms with van der Waals surface area (Å²) in [7, 11) is 0. The van der Waals surface area contributed by atoms with E-state index < -0.39 is 5.60 Å². The molecule has 1 atom stereocenters. The van der Waals surface area contributed by atoms with E-state index >= 15 is 0 Å². The van der Waals surface area contributed by atoms with Crippen molar-refractivity contribution in [3.8, 4) is 0 Å². The number of carbonyl (C=O) groups excluding carboxylic acids is 1. The summed E-state index contributed by atoms with van der Waals surface area (Å²) in [4.78, 5) is 14.4. The van der Waals surface area contributed by atoms with Gasteiger partial charge in [0.25, 0.3) is 0 Å². The molecule has 0 aromatic heterocycles. The molecule has 1 heterocycles. The topological polar surface area (TPSA) is 50.8 Å². The highest BCUT2D eigenvalue weighted by Gasteiger charge is 2.35. The number of ether oxygens (including phenoxy) is 2. The third-order valence-corrected chi connectivity index (χ3v) is 4.97. The van der Waals surface area contributed by atoms with E-state index in [0.717, 1.165) is 38.8 Å². The standard InChI is InChI=1S/C20H40N2O3/c1-9-20(10-2)15-16(11-14-24-20)21-12-13-22(18(3,4)5)17(23)25-19(6,7)8/h16,21H,9-15H2,1-8H3. The van der Waals surface area contributed by atoms with E-state index in [1.807, 2.05) is 46.4 Å². The van der Waals surface area contributed by atoms with Gasteiger partial charge in [-0.3, -0.25) is 0 Å². The SMILES string of the molecule is CCC1(CC)CC(NCCN(C(=O)OC(C)(C)C)C(C)(C)C)CCO1. The number of nitrogens with zero attached hydrogens (tertiary/aromatic N) is 1. The van der Waals surface area contributed by atoms with Crippen molar-refractivity contribution < 1.29 is 14.3 Å². The third-order valence-electron chi connectivity index (χ3n) is 4.97. The minimum absolute atomic E-state index is 0.0186. The summed E-state index contributed by atoms with van der Waals surface area (Å²) in [6.07, 6.45) is 3.93. The van der Waals surface area contributed by atoms with Crippen LogP contribution in [0.25, 0.3) is 0 Å². The normalized spacial score (nSPS) is 21.0. The molecule has 0 saturated carbocycles. The number of nitrogens with one attached hydrogen (secondary N) is 1. The molecular formula is C20H40N2O3. The van der Waals surface area contributed by atoms with Crippen LogP contribution in [0.2, 0.25) is 0 Å². The second kappa shape index (κ2) is 8.72. The summed E-state index contributed by atoms with van der Waals surface area (Å²) in [6.45, 7) is 18.5. The molecule has 5 nitrogen and oxygen atoms in total. The second-order valence-corrected chi connectivity index (χ2v) is 9.19. The van der Waals surface area contributed by atoms with Crippen LogP contribution in [0.4, 0.5) is 4.79 Å². The molecule has 1 unspecified atom stereocenters. The van der Waals surface area contributed by atoms with Crippen LogP contribution < -0.4 is 5.32 Å². The highest BCUT2D eigenvalue weighted by Crippen LogP contribution is 2.31. The van der Waals surface area contributed by atoms with Crippen LogP contribution in [0.1, 0.15) is 81.1 Å². The average Bonchev–Trinajstić information content (AvgIpc) is 2.48. The minimum Gasteiger partial charge on any atom is -0.444 e. The Morgan fingerprint density at radius 2 is 1.80 bits per heavy atom. The molecule has 1 rings (SSSR count). The molecule has 1 saturated heterocycles. The molecular weight excluding hydrogens is 316 g/mol. The lowest BCUT2D eigenvalue weighted by molar-refractivity contribution is -0.0932. The maximum absolute atomic E-state index is 12.5. The Kier molecular flexibility index (Phi) is 7.75. The van der Waals surface area contributed by atoms with Crippen molar-refractivity contribution in [1.29, 1.82) is 0 Å². The molecule has 1 fully saturated rings. The first-order valence-corrected chi connectivity index (χ1v) is 9.80. The van der Waals surface area contributed by atoms with Crippen LogP contribution in [0.15, 0.2) is 0 Å². The van der Waals surface area contributed by atoms with Crippen molar-refractivity contribution >= 4 is 6.09 Å². The fourth-order valence-electron chi connectivity index (χ4n) is 3.34. The van der Waals surface area contributed by atoms with Crippen molar-refractivity contribution in [3.63, 3.8) is 0 Å². The van der Waals surface area contributed by atoms with Gasteiger partial charge in [-0.05, 0) is 67.2 Å². The summed E-state index contributed by atoms with van der Waals surface area (Å²) in [5.74, 6) is 0. The minimum atomic E-state index is -0.476. The van der Waals surface area contributed by atoms with E-state index in [4.69, 9.17) is 9.47 Å². The van der Waals surface area contributed by atoms with Crippen LogP contribution in [-0.4, -0.2) is 53.5 Å². The van der Waals surface area contributed by atoms with Gasteiger partial charge in [0.15, 0.2) is 0 Å². The van der Waals surface area contributed by atoms with Gasteiger partial charge in [0.2, 0.25) is 0 Å². The zero-order chi connectivity index (χ0) is 19.3. The first-order chi connectivity index (χ1) is 11.4. The fourth-order valence-corrected chi connectivity index (χ4v) is 3.34. The molecule has 0 aromatic rings. The van der Waals surface area contributed by atoms with Crippen LogP contribution in [-0.2, 0) is 9.47 Å². The molecule has 1 N–H and O–H groups in total. The van der Waals surface area contributed by atoms with E-state index in [-0.39, 0.29) is 17.2 Å². The van der Waals surface area contributed by atoms with Gasteiger partial charge in [-0.15, -0.1) is 0 Å². The maximum atomic E-state index is 12.5. The molecule has 5 heteroatoms. The summed E-state index contributed by atoms with van der Waals surface area (Å²) >= 11 is 0. The van der Waals surface area contributed by atoms with E-state index in [1.165, 1.54) is 0 Å². The number of carbonyl (C=O) groups is 1. The molecule has 0 radical (unpaired) electrons. The quantitative estimate of drug-likeness (QED) is 0.769. The second-order valence-electron chi connectivity index (χ2n) is 9.19. The van der Waals surface area contributed by atoms with Crippen molar-refractivity contribution in [2.75, 3.05) is 19.7 Å². The first kappa shape index (κ1) is 22.2. The Morgan fingerprint density at radius 3 is 2.28 bits per heavy atom. The Morgan fingerprint density at radius 1 is 1.20 bits per heavy atom. The Bertz CT molecular complexity index is 420. The smallest absolute Gasteiger partial charge is 0.410 e. The van der Waals surface area contributed by atoms with Crippen molar-refractivity contribution in [2.45, 2.75) is 104 Å². The first-order valence-electron chi connectivity index (χ1n) is 9.80. The van der Waals surface area contributed by atoms with Crippen LogP contribution in [0, 0.1) is 0 Å². The number of hydrogen-bond acceptors (Lipinski definition) is 4. The molecule has 25 heavy (non-hydrogen) atoms. The van der Waals surface area contributed by atoms with Gasteiger partial charge < -0.3 is 19.7 Å². The van der Waals surface area contributed by atoms with Gasteiger partial charge in [0.05, 0.1) is 5.60 Å². The number of hydrogen-bond donors (Lipinski definition) is 1. The highest BCUT2D eigenvalue weighted by molar-refractivity contribution is 5.69. The Labute approximate surface area is 154 Å². The van der Waals surface area contributed by atoms with Gasteiger partial charge >= 0.3 is 6.09 Å². The lowest BCUT2D eigenvalue weighted by atomic mass is 9.86. The molecule has 1 aliphatic rings. The molecule has 0 spiro atoms. The zero-order valence-electron chi connectivity index (χ0n) is 17.7. The predicted octanol–water partition coefficient (Wildman–Crippen LogP) is 4.35. The Hall–Kier alpha value is -0.810. The van der Waals surface area contributed by atoms with E-state index in [1.54, 1.807) is 0 Å². The summed E-state index contributed by atoms with van der Waals surface area (Å²) in [5, 5.41) is 3.64. The summed E-state index contributed by atoms with van der Waals surface area (Å²) < 4.78 is 11.6. The summed E-state index contributed by atoms with van der Waals surface area (Å²) in [5.41, 5.74) is -0.725. The predicted molar refractivity (Wildman–Crippen MR) is 103 cm³/mol. The lowest BCUT2D eigenvalue weighted by Crippen LogP contribution is -2.52. The van der Waals surface area contributed by atoms with E-state index in [0.29, 0.717) is 12.6 Å². The average molecular weight is 357 g/mol. The number of rotatable bonds is 6. The van der Waals surface area contributed by atoms with Gasteiger partial charge in [0, 0.05) is 31.3 Å². The van der Waals surface area contributed by atoms with Gasteiger partial charge in [-0.25, -0.2) is 4.79 Å². The van der Waals surface area contributed by atoms with Crippen molar-refractivity contribution in [1.82, 2.24) is 10.2 Å².